The number of benzene rings is 1. The van der Waals surface area contributed by atoms with Gasteiger partial charge in [0, 0.05) is 19.4 Å². The van der Waals surface area contributed by atoms with Crippen LogP contribution in [0.25, 0.3) is 11.0 Å². The second-order valence-corrected chi connectivity index (χ2v) is 6.62. The summed E-state index contributed by atoms with van der Waals surface area (Å²) >= 11 is 0. The second kappa shape index (κ2) is 6.53. The topological polar surface area (TPSA) is 87.0 Å². The van der Waals surface area contributed by atoms with Crippen molar-refractivity contribution in [2.75, 3.05) is 6.54 Å². The van der Waals surface area contributed by atoms with E-state index >= 15 is 0 Å². The van der Waals surface area contributed by atoms with Crippen LogP contribution in [0.15, 0.2) is 24.3 Å². The van der Waals surface area contributed by atoms with E-state index in [1.165, 1.54) is 12.1 Å². The summed E-state index contributed by atoms with van der Waals surface area (Å²) in [5, 5.41) is 14.0. The summed E-state index contributed by atoms with van der Waals surface area (Å²) in [6.45, 7) is 3.39. The Hall–Kier alpha value is -2.74. The summed E-state index contributed by atoms with van der Waals surface area (Å²) in [4.78, 5) is 21.8. The number of aliphatic hydroxyl groups is 1. The Balaban J connectivity index is 1.40. The predicted molar refractivity (Wildman–Crippen MR) is 92.7 cm³/mol. The minimum atomic E-state index is -0.616. The van der Waals surface area contributed by atoms with E-state index in [4.69, 9.17) is 0 Å². The molecule has 1 aliphatic rings. The number of imidazole rings is 1. The normalized spacial score (nSPS) is 15.3. The van der Waals surface area contributed by atoms with Gasteiger partial charge >= 0.3 is 0 Å². The fourth-order valence-electron chi connectivity index (χ4n) is 3.24. The molecule has 2 N–H and O–H groups in total. The fourth-order valence-corrected chi connectivity index (χ4v) is 3.24. The number of nitrogens with zero attached hydrogens (tertiary/aromatic N) is 4. The number of carbonyl (C=O) groups is 1. The number of H-pyrrole nitrogens is 1. The molecule has 1 unspecified atom stereocenters. The molecule has 4 rings (SSSR count). The molecule has 1 atom stereocenters. The van der Waals surface area contributed by atoms with Crippen molar-refractivity contribution in [1.82, 2.24) is 24.6 Å². The summed E-state index contributed by atoms with van der Waals surface area (Å²) in [5.74, 6) is 0.408. The van der Waals surface area contributed by atoms with E-state index in [0.29, 0.717) is 55.0 Å². The summed E-state index contributed by atoms with van der Waals surface area (Å²) < 4.78 is 15.1. The standard InChI is InChI=1S/C18H20FN5O2/c1-11(25)15-9-13-10-23(6-7-24(13)22-15)18(26)5-4-17-20-14-3-2-12(19)8-16(14)21-17/h2-3,8-9,11,25H,4-7,10H2,1H3,(H,20,21). The van der Waals surface area contributed by atoms with Crippen LogP contribution in [0.2, 0.25) is 0 Å². The highest BCUT2D eigenvalue weighted by Gasteiger charge is 2.23. The third-order valence-electron chi connectivity index (χ3n) is 4.67. The quantitative estimate of drug-likeness (QED) is 0.747. The number of halogens is 1. The van der Waals surface area contributed by atoms with Crippen LogP contribution in [-0.2, 0) is 24.3 Å². The number of rotatable bonds is 4. The van der Waals surface area contributed by atoms with Gasteiger partial charge in [0.1, 0.15) is 11.6 Å². The van der Waals surface area contributed by atoms with Crippen LogP contribution in [0.1, 0.15) is 36.7 Å². The molecule has 136 valence electrons. The highest BCUT2D eigenvalue weighted by atomic mass is 19.1. The maximum Gasteiger partial charge on any atom is 0.223 e. The highest BCUT2D eigenvalue weighted by Crippen LogP contribution is 2.19. The molecule has 8 heteroatoms. The first-order valence-corrected chi connectivity index (χ1v) is 8.66. The van der Waals surface area contributed by atoms with Gasteiger partial charge in [-0.25, -0.2) is 9.37 Å². The molecule has 0 radical (unpaired) electrons. The van der Waals surface area contributed by atoms with Gasteiger partial charge in [0.25, 0.3) is 0 Å². The van der Waals surface area contributed by atoms with Crippen LogP contribution in [0.3, 0.4) is 0 Å². The number of carbonyl (C=O) groups excluding carboxylic acids is 1. The largest absolute Gasteiger partial charge is 0.387 e. The fraction of sp³-hybridized carbons (Fsp3) is 0.389. The van der Waals surface area contributed by atoms with Crippen LogP contribution < -0.4 is 0 Å². The zero-order chi connectivity index (χ0) is 18.3. The maximum atomic E-state index is 13.2. The van der Waals surface area contributed by atoms with Crippen molar-refractivity contribution in [1.29, 1.82) is 0 Å². The van der Waals surface area contributed by atoms with E-state index < -0.39 is 6.10 Å². The van der Waals surface area contributed by atoms with Crippen molar-refractivity contribution in [3.05, 3.63) is 47.3 Å². The monoisotopic (exact) mass is 357 g/mol. The Morgan fingerprint density at radius 2 is 2.23 bits per heavy atom. The van der Waals surface area contributed by atoms with Gasteiger partial charge in [0.15, 0.2) is 0 Å². The average molecular weight is 357 g/mol. The highest BCUT2D eigenvalue weighted by molar-refractivity contribution is 5.77. The molecule has 0 saturated heterocycles. The van der Waals surface area contributed by atoms with Crippen molar-refractivity contribution in [3.63, 3.8) is 0 Å². The molecule has 0 saturated carbocycles. The van der Waals surface area contributed by atoms with Gasteiger partial charge < -0.3 is 15.0 Å². The van der Waals surface area contributed by atoms with Gasteiger partial charge in [-0.15, -0.1) is 0 Å². The first-order valence-electron chi connectivity index (χ1n) is 8.66. The minimum Gasteiger partial charge on any atom is -0.387 e. The molecule has 7 nitrogen and oxygen atoms in total. The Labute approximate surface area is 149 Å². The number of nitrogens with one attached hydrogen (secondary N) is 1. The van der Waals surface area contributed by atoms with E-state index in [1.807, 2.05) is 10.7 Å². The molecule has 0 spiro atoms. The number of hydrogen-bond acceptors (Lipinski definition) is 4. The van der Waals surface area contributed by atoms with Gasteiger partial charge in [0.05, 0.1) is 41.6 Å². The van der Waals surface area contributed by atoms with Crippen molar-refractivity contribution < 1.29 is 14.3 Å². The molecule has 3 aromatic rings. The van der Waals surface area contributed by atoms with Crippen LogP contribution in [0.4, 0.5) is 4.39 Å². The molecule has 1 aromatic carbocycles. The van der Waals surface area contributed by atoms with Crippen molar-refractivity contribution in [2.45, 2.75) is 39.0 Å². The summed E-state index contributed by atoms with van der Waals surface area (Å²) in [6, 6.07) is 6.24. The molecular weight excluding hydrogens is 337 g/mol. The lowest BCUT2D eigenvalue weighted by molar-refractivity contribution is -0.132. The molecule has 1 aliphatic heterocycles. The van der Waals surface area contributed by atoms with Gasteiger partial charge in [-0.3, -0.25) is 9.48 Å². The van der Waals surface area contributed by atoms with Crippen LogP contribution in [0.5, 0.6) is 0 Å². The molecule has 0 bridgehead atoms. The Morgan fingerprint density at radius 1 is 1.38 bits per heavy atom. The molecular formula is C18H20FN5O2. The molecule has 3 heterocycles. The first-order chi connectivity index (χ1) is 12.5. The van der Waals surface area contributed by atoms with Gasteiger partial charge in [-0.1, -0.05) is 0 Å². The number of aromatic nitrogens is 4. The zero-order valence-corrected chi connectivity index (χ0v) is 14.4. The summed E-state index contributed by atoms with van der Waals surface area (Å²) in [7, 11) is 0. The number of aliphatic hydroxyl groups excluding tert-OH is 1. The number of amides is 1. The van der Waals surface area contributed by atoms with E-state index in [0.717, 1.165) is 5.69 Å². The smallest absolute Gasteiger partial charge is 0.223 e. The SMILES string of the molecule is CC(O)c1cc2n(n1)CCN(C(=O)CCc1nc3ccc(F)cc3[nH]1)C2. The zero-order valence-electron chi connectivity index (χ0n) is 14.4. The maximum absolute atomic E-state index is 13.2. The number of aryl methyl sites for hydroxylation is 1. The second-order valence-electron chi connectivity index (χ2n) is 6.62. The van der Waals surface area contributed by atoms with Crippen LogP contribution in [-0.4, -0.2) is 42.2 Å². The molecule has 2 aromatic heterocycles. The molecule has 0 aliphatic carbocycles. The molecule has 26 heavy (non-hydrogen) atoms. The molecule has 0 fully saturated rings. The van der Waals surface area contributed by atoms with E-state index in [-0.39, 0.29) is 11.7 Å². The third-order valence-corrected chi connectivity index (χ3v) is 4.67. The summed E-state index contributed by atoms with van der Waals surface area (Å²) in [5.41, 5.74) is 2.89. The van der Waals surface area contributed by atoms with Gasteiger partial charge in [0.2, 0.25) is 5.91 Å². The van der Waals surface area contributed by atoms with E-state index in [9.17, 15) is 14.3 Å². The molecule has 1 amide bonds. The Bertz CT molecular complexity index is 962. The lowest BCUT2D eigenvalue weighted by atomic mass is 10.2. The average Bonchev–Trinajstić information content (AvgIpc) is 3.22. The number of hydrogen-bond donors (Lipinski definition) is 2. The van der Waals surface area contributed by atoms with E-state index in [2.05, 4.69) is 15.1 Å². The van der Waals surface area contributed by atoms with Crippen molar-refractivity contribution >= 4 is 16.9 Å². The van der Waals surface area contributed by atoms with Gasteiger partial charge in [-0.05, 0) is 31.2 Å². The van der Waals surface area contributed by atoms with Crippen molar-refractivity contribution in [2.24, 2.45) is 0 Å². The lowest BCUT2D eigenvalue weighted by Crippen LogP contribution is -2.38. The first kappa shape index (κ1) is 16.7. The van der Waals surface area contributed by atoms with E-state index in [1.54, 1.807) is 17.9 Å². The Kier molecular flexibility index (Phi) is 4.20. The number of fused-ring (bicyclic) bond motifs is 2. The Morgan fingerprint density at radius 3 is 3.04 bits per heavy atom. The van der Waals surface area contributed by atoms with Crippen molar-refractivity contribution in [3.8, 4) is 0 Å². The number of aromatic amines is 1. The predicted octanol–water partition coefficient (Wildman–Crippen LogP) is 1.93. The van der Waals surface area contributed by atoms with Crippen LogP contribution in [0, 0.1) is 5.82 Å². The minimum absolute atomic E-state index is 0.0442. The van der Waals surface area contributed by atoms with Crippen LogP contribution >= 0.6 is 0 Å². The lowest BCUT2D eigenvalue weighted by Gasteiger charge is -2.27. The summed E-state index contributed by atoms with van der Waals surface area (Å²) in [6.07, 6.45) is 0.193. The third kappa shape index (κ3) is 3.20. The van der Waals surface area contributed by atoms with Gasteiger partial charge in [-0.2, -0.15) is 5.10 Å².